The van der Waals surface area contributed by atoms with Crippen molar-refractivity contribution in [3.05, 3.63) is 119 Å². The summed E-state index contributed by atoms with van der Waals surface area (Å²) in [7, 11) is -6.24. The molecule has 226 valence electrons. The summed E-state index contributed by atoms with van der Waals surface area (Å²) in [6, 6.07) is 32.2. The molecule has 4 nitrogen and oxygen atoms in total. The Kier molecular flexibility index (Phi) is 9.36. The van der Waals surface area contributed by atoms with E-state index in [1.165, 1.54) is 0 Å². The Morgan fingerprint density at radius 2 is 0.977 bits per heavy atom. The molecule has 5 rings (SSSR count). The molecule has 4 aromatic rings. The van der Waals surface area contributed by atoms with Crippen LogP contribution in [0.15, 0.2) is 97.1 Å². The van der Waals surface area contributed by atoms with E-state index in [9.17, 15) is 0 Å². The van der Waals surface area contributed by atoms with Gasteiger partial charge in [-0.25, -0.2) is 0 Å². The van der Waals surface area contributed by atoms with E-state index in [-0.39, 0.29) is 17.4 Å². The van der Waals surface area contributed by atoms with Gasteiger partial charge in [0.05, 0.1) is 0 Å². The van der Waals surface area contributed by atoms with Gasteiger partial charge in [-0.15, -0.1) is 0 Å². The van der Waals surface area contributed by atoms with Crippen LogP contribution < -0.4 is 31.4 Å². The standard InChI is InChI=1S/C37H46N2O2P2/c1-27-15-7-11-19-33(27)42(40,34-20-12-8-16-28(34)2)38-26-31-23-32(25-37(5,6)24-31)39-43(41,35-21-13-9-17-29(35)3)36-22-14-10-18-30(36)4/h7-22,31-32H,23-26H2,1-6H3,(H,38,40)(H,39,41). The summed E-state index contributed by atoms with van der Waals surface area (Å²) in [5.41, 5.74) is 4.17. The molecule has 1 fully saturated rings. The fraction of sp³-hybridized carbons (Fsp3) is 0.351. The molecule has 0 saturated heterocycles. The van der Waals surface area contributed by atoms with Gasteiger partial charge < -0.3 is 0 Å². The molecule has 2 atom stereocenters. The minimum absolute atomic E-state index is 0.0415. The van der Waals surface area contributed by atoms with Crippen LogP contribution in [0.3, 0.4) is 0 Å². The van der Waals surface area contributed by atoms with Crippen LogP contribution in [0.5, 0.6) is 0 Å². The molecule has 2 N–H and O–H groups in total. The Bertz CT molecular complexity index is 1600. The maximum Gasteiger partial charge on any atom is 0.205 e. The maximum atomic E-state index is 15.2. The summed E-state index contributed by atoms with van der Waals surface area (Å²) < 4.78 is 30.3. The highest BCUT2D eigenvalue weighted by atomic mass is 31.2. The zero-order chi connectivity index (χ0) is 30.8. The summed E-state index contributed by atoms with van der Waals surface area (Å²) >= 11 is 0. The highest BCUT2D eigenvalue weighted by Gasteiger charge is 2.40. The molecular formula is C37H46N2O2P2. The molecule has 6 heteroatoms. The molecule has 0 bridgehead atoms. The third kappa shape index (κ3) is 6.69. The zero-order valence-electron chi connectivity index (χ0n) is 26.4. The first kappa shape index (κ1) is 31.7. The minimum atomic E-state index is -3.14. The molecule has 1 aliphatic rings. The predicted octanol–water partition coefficient (Wildman–Crippen LogP) is 7.45. The monoisotopic (exact) mass is 612 g/mol. The van der Waals surface area contributed by atoms with Gasteiger partial charge in [0.2, 0.25) is 14.6 Å². The first-order valence-electron chi connectivity index (χ1n) is 15.4. The Morgan fingerprint density at radius 3 is 1.37 bits per heavy atom. The summed E-state index contributed by atoms with van der Waals surface area (Å²) in [6.07, 6.45) is 2.80. The van der Waals surface area contributed by atoms with Gasteiger partial charge in [0.15, 0.2) is 0 Å². The van der Waals surface area contributed by atoms with Gasteiger partial charge in [-0.2, -0.15) is 0 Å². The number of hydrogen-bond donors (Lipinski definition) is 2. The predicted molar refractivity (Wildman–Crippen MR) is 185 cm³/mol. The van der Waals surface area contributed by atoms with Crippen molar-refractivity contribution in [2.24, 2.45) is 11.3 Å². The highest BCUT2D eigenvalue weighted by Crippen LogP contribution is 2.48. The molecule has 0 spiro atoms. The number of hydrogen-bond acceptors (Lipinski definition) is 2. The lowest BCUT2D eigenvalue weighted by Crippen LogP contribution is -2.45. The van der Waals surface area contributed by atoms with Gasteiger partial charge in [0.25, 0.3) is 0 Å². The van der Waals surface area contributed by atoms with Crippen LogP contribution >= 0.6 is 14.6 Å². The Balaban J connectivity index is 1.46. The average molecular weight is 613 g/mol. The van der Waals surface area contributed by atoms with Gasteiger partial charge in [0.1, 0.15) is 0 Å². The molecule has 2 unspecified atom stereocenters. The molecule has 0 radical (unpaired) electrons. The van der Waals surface area contributed by atoms with Crippen molar-refractivity contribution in [3.63, 3.8) is 0 Å². The van der Waals surface area contributed by atoms with E-state index >= 15 is 9.13 Å². The van der Waals surface area contributed by atoms with Crippen LogP contribution in [0.25, 0.3) is 0 Å². The third-order valence-electron chi connectivity index (χ3n) is 9.04. The summed E-state index contributed by atoms with van der Waals surface area (Å²) in [5.74, 6) is 0.268. The fourth-order valence-corrected chi connectivity index (χ4v) is 12.9. The lowest BCUT2D eigenvalue weighted by Gasteiger charge is -2.42. The van der Waals surface area contributed by atoms with Crippen molar-refractivity contribution >= 4 is 35.8 Å². The number of rotatable bonds is 9. The Labute approximate surface area is 258 Å². The van der Waals surface area contributed by atoms with Crippen molar-refractivity contribution in [3.8, 4) is 0 Å². The van der Waals surface area contributed by atoms with Gasteiger partial charge >= 0.3 is 0 Å². The fourth-order valence-electron chi connectivity index (χ4n) is 7.11. The van der Waals surface area contributed by atoms with E-state index in [0.29, 0.717) is 6.54 Å². The van der Waals surface area contributed by atoms with Crippen molar-refractivity contribution in [1.29, 1.82) is 0 Å². The highest BCUT2D eigenvalue weighted by molar-refractivity contribution is 7.77. The van der Waals surface area contributed by atoms with E-state index in [2.05, 4.69) is 24.0 Å². The van der Waals surface area contributed by atoms with E-state index in [0.717, 1.165) is 62.7 Å². The summed E-state index contributed by atoms with van der Waals surface area (Å²) in [4.78, 5) is 0. The Morgan fingerprint density at radius 1 is 0.605 bits per heavy atom. The van der Waals surface area contributed by atoms with Gasteiger partial charge in [-0.05, 0) is 105 Å². The van der Waals surface area contributed by atoms with Gasteiger partial charge in [-0.1, -0.05) is 86.6 Å². The van der Waals surface area contributed by atoms with Crippen LogP contribution in [0, 0.1) is 39.0 Å². The molecule has 43 heavy (non-hydrogen) atoms. The summed E-state index contributed by atoms with van der Waals surface area (Å²) in [5, 5.41) is 10.9. The van der Waals surface area contributed by atoms with E-state index in [1.54, 1.807) is 0 Å². The van der Waals surface area contributed by atoms with E-state index in [4.69, 9.17) is 0 Å². The second kappa shape index (κ2) is 12.7. The smallest absolute Gasteiger partial charge is 0.205 e. The quantitative estimate of drug-likeness (QED) is 0.193. The van der Waals surface area contributed by atoms with Crippen molar-refractivity contribution in [1.82, 2.24) is 10.2 Å². The van der Waals surface area contributed by atoms with Gasteiger partial charge in [-0.3, -0.25) is 19.3 Å². The van der Waals surface area contributed by atoms with Crippen LogP contribution in [-0.2, 0) is 9.13 Å². The molecule has 1 saturated carbocycles. The lowest BCUT2D eigenvalue weighted by molar-refractivity contribution is 0.154. The van der Waals surface area contributed by atoms with Crippen molar-refractivity contribution in [2.45, 2.75) is 66.8 Å². The SMILES string of the molecule is Cc1ccccc1P(=O)(NCC1CC(NP(=O)(c2ccccc2C)c2ccccc2C)CC(C)(C)C1)c1ccccc1C. The topological polar surface area (TPSA) is 58.2 Å². The second-order valence-corrected chi connectivity index (χ2v) is 18.2. The number of nitrogens with one attached hydrogen (secondary N) is 2. The molecule has 0 aliphatic heterocycles. The van der Waals surface area contributed by atoms with Crippen LogP contribution in [0.1, 0.15) is 55.4 Å². The summed E-state index contributed by atoms with van der Waals surface area (Å²) in [6.45, 7) is 13.4. The molecular weight excluding hydrogens is 566 g/mol. The molecule has 4 aromatic carbocycles. The molecule has 0 amide bonds. The van der Waals surface area contributed by atoms with E-state index < -0.39 is 14.6 Å². The zero-order valence-corrected chi connectivity index (χ0v) is 28.2. The maximum absolute atomic E-state index is 15.2. The minimum Gasteiger partial charge on any atom is -0.297 e. The normalized spacial score (nSPS) is 18.8. The van der Waals surface area contributed by atoms with Crippen molar-refractivity contribution in [2.75, 3.05) is 6.54 Å². The number of aryl methyl sites for hydroxylation is 4. The lowest BCUT2D eigenvalue weighted by atomic mass is 9.70. The first-order valence-corrected chi connectivity index (χ1v) is 18.8. The third-order valence-corrected chi connectivity index (χ3v) is 15.1. The molecule has 1 aliphatic carbocycles. The Hall–Kier alpha value is -2.74. The second-order valence-electron chi connectivity index (χ2n) is 13.2. The number of benzene rings is 4. The first-order chi connectivity index (χ1) is 20.4. The molecule has 0 aromatic heterocycles. The largest absolute Gasteiger partial charge is 0.297 e. The van der Waals surface area contributed by atoms with Gasteiger partial charge in [0, 0.05) is 33.8 Å². The van der Waals surface area contributed by atoms with Crippen LogP contribution in [0.2, 0.25) is 0 Å². The molecule has 0 heterocycles. The van der Waals surface area contributed by atoms with E-state index in [1.807, 2.05) is 125 Å². The van der Waals surface area contributed by atoms with Crippen LogP contribution in [0.4, 0.5) is 0 Å². The average Bonchev–Trinajstić information content (AvgIpc) is 2.96. The van der Waals surface area contributed by atoms with Crippen LogP contribution in [-0.4, -0.2) is 12.6 Å². The van der Waals surface area contributed by atoms with Crippen molar-refractivity contribution < 1.29 is 9.13 Å².